The monoisotopic (exact) mass is 630 g/mol. The molecule has 0 spiro atoms. The predicted molar refractivity (Wildman–Crippen MR) is 166 cm³/mol. The molecular formula is C34H38N4O8. The number of carboxylic acids is 1. The van der Waals surface area contributed by atoms with Gasteiger partial charge >= 0.3 is 0 Å². The molecule has 5 heterocycles. The lowest BCUT2D eigenvalue weighted by atomic mass is 9.90. The van der Waals surface area contributed by atoms with E-state index in [-0.39, 0.29) is 24.3 Å². The van der Waals surface area contributed by atoms with Gasteiger partial charge in [0.2, 0.25) is 11.8 Å². The van der Waals surface area contributed by atoms with E-state index in [4.69, 9.17) is 24.4 Å². The van der Waals surface area contributed by atoms with Crippen LogP contribution in [0, 0.1) is 0 Å². The van der Waals surface area contributed by atoms with Crippen LogP contribution in [0.4, 0.5) is 0 Å². The molecule has 3 amide bonds. The van der Waals surface area contributed by atoms with E-state index in [1.54, 1.807) is 11.0 Å². The number of hydrogen-bond acceptors (Lipinski definition) is 9. The molecule has 1 unspecified atom stereocenters. The van der Waals surface area contributed by atoms with Crippen LogP contribution < -0.4 is 10.1 Å². The number of carbonyl (C=O) groups is 4. The Labute approximate surface area is 266 Å². The first-order chi connectivity index (χ1) is 22.1. The second kappa shape index (κ2) is 13.1. The number of benzene rings is 2. The second-order valence-electron chi connectivity index (χ2n) is 12.4. The van der Waals surface area contributed by atoms with Gasteiger partial charge in [0.05, 0.1) is 11.2 Å². The number of carboxylic acid groups (broad SMARTS) is 1. The Balaban J connectivity index is 0.000000879. The summed E-state index contributed by atoms with van der Waals surface area (Å²) in [5.74, 6) is -0.993. The predicted octanol–water partition coefficient (Wildman–Crippen LogP) is 2.74. The van der Waals surface area contributed by atoms with Gasteiger partial charge in [-0.05, 0) is 60.4 Å². The molecule has 2 aromatic carbocycles. The maximum absolute atomic E-state index is 13.0. The molecular weight excluding hydrogens is 592 g/mol. The molecule has 0 radical (unpaired) electrons. The second-order valence-corrected chi connectivity index (χ2v) is 12.4. The van der Waals surface area contributed by atoms with E-state index in [2.05, 4.69) is 22.3 Å². The van der Waals surface area contributed by atoms with Crippen molar-refractivity contribution in [3.63, 3.8) is 0 Å². The van der Waals surface area contributed by atoms with Crippen LogP contribution in [0.15, 0.2) is 48.5 Å². The van der Waals surface area contributed by atoms with Gasteiger partial charge in [0.15, 0.2) is 0 Å². The summed E-state index contributed by atoms with van der Waals surface area (Å²) in [6.07, 6.45) is 2.65. The van der Waals surface area contributed by atoms with Crippen LogP contribution >= 0.6 is 0 Å². The minimum absolute atomic E-state index is 0.0382. The number of fused-ring (bicyclic) bond motifs is 2. The highest BCUT2D eigenvalue weighted by Crippen LogP contribution is 2.33. The molecule has 0 saturated carbocycles. The highest BCUT2D eigenvalue weighted by atomic mass is 16.5. The molecule has 3 fully saturated rings. The first-order valence-electron chi connectivity index (χ1n) is 15.6. The van der Waals surface area contributed by atoms with Gasteiger partial charge in [0, 0.05) is 76.5 Å². The Bertz CT molecular complexity index is 1670. The number of carbonyl (C=O) groups excluding carboxylic acids is 3. The number of hydrogen-bond donors (Lipinski definition) is 3. The molecule has 0 aliphatic carbocycles. The number of rotatable bonds is 6. The van der Waals surface area contributed by atoms with Gasteiger partial charge in [0.25, 0.3) is 11.9 Å². The van der Waals surface area contributed by atoms with Crippen molar-refractivity contribution in [1.82, 2.24) is 20.1 Å². The molecule has 0 bridgehead atoms. The van der Waals surface area contributed by atoms with E-state index in [0.29, 0.717) is 50.3 Å². The quantitative estimate of drug-likeness (QED) is 0.346. The van der Waals surface area contributed by atoms with E-state index in [1.165, 1.54) is 5.56 Å². The van der Waals surface area contributed by atoms with Crippen molar-refractivity contribution in [2.24, 2.45) is 0 Å². The van der Waals surface area contributed by atoms with Crippen molar-refractivity contribution in [3.05, 3.63) is 70.9 Å². The third kappa shape index (κ3) is 6.88. The number of nitrogens with one attached hydrogen (secondary N) is 1. The third-order valence-corrected chi connectivity index (χ3v) is 8.98. The maximum Gasteiger partial charge on any atom is 0.300 e. The van der Waals surface area contributed by atoms with Crippen LogP contribution in [-0.4, -0.2) is 87.1 Å². The molecule has 4 aliphatic heterocycles. The lowest BCUT2D eigenvalue weighted by Gasteiger charge is -2.31. The lowest BCUT2D eigenvalue weighted by Crippen LogP contribution is -2.52. The van der Waals surface area contributed by atoms with E-state index >= 15 is 0 Å². The molecule has 12 nitrogen and oxygen atoms in total. The molecule has 1 aromatic heterocycles. The fourth-order valence-corrected chi connectivity index (χ4v) is 6.61. The summed E-state index contributed by atoms with van der Waals surface area (Å²) in [7, 11) is 0. The van der Waals surface area contributed by atoms with Crippen molar-refractivity contribution >= 4 is 34.6 Å². The number of likely N-dealkylation sites (tertiary alicyclic amines) is 1. The maximum atomic E-state index is 13.0. The van der Waals surface area contributed by atoms with E-state index in [9.17, 15) is 19.5 Å². The molecule has 3 aromatic rings. The highest BCUT2D eigenvalue weighted by Gasteiger charge is 2.39. The largest absolute Gasteiger partial charge is 0.489 e. The number of piperidine rings is 1. The van der Waals surface area contributed by atoms with E-state index in [1.807, 2.05) is 30.3 Å². The molecule has 3 N–H and O–H groups in total. The Morgan fingerprint density at radius 2 is 1.87 bits per heavy atom. The Kier molecular flexibility index (Phi) is 9.03. The number of aliphatic carboxylic acids is 1. The fourth-order valence-electron chi connectivity index (χ4n) is 6.61. The standard InChI is InChI=1S/C32H34N4O6.C2H4O2/c37-29-8-6-27(30(38)34-29)36-18-22-16-23(3-4-25(22)31(36)39)42-24-9-12-35(19-24)17-20-1-5-26-21(15-20)2-7-28(33-26)32(40)10-13-41-14-11-32;1-2(3)4/h1-5,7,15-16,24,27,40H,6,8-14,17-19H2,(H,34,37,38);1H3,(H,3,4)/t24-,27?;/m0./s1. The molecule has 7 rings (SSSR count). The number of nitrogens with zero attached hydrogens (tertiary/aromatic N) is 3. The van der Waals surface area contributed by atoms with E-state index < -0.39 is 23.5 Å². The normalized spacial score (nSPS) is 22.7. The first-order valence-corrected chi connectivity index (χ1v) is 15.6. The Morgan fingerprint density at radius 1 is 1.09 bits per heavy atom. The molecule has 242 valence electrons. The smallest absolute Gasteiger partial charge is 0.300 e. The third-order valence-electron chi connectivity index (χ3n) is 8.98. The molecule has 4 aliphatic rings. The Morgan fingerprint density at radius 3 is 2.63 bits per heavy atom. The number of amides is 3. The van der Waals surface area contributed by atoms with Gasteiger partial charge in [0.1, 0.15) is 23.5 Å². The van der Waals surface area contributed by atoms with Gasteiger partial charge in [-0.1, -0.05) is 12.1 Å². The zero-order valence-electron chi connectivity index (χ0n) is 25.7. The van der Waals surface area contributed by atoms with Crippen molar-refractivity contribution in [2.45, 2.75) is 69.9 Å². The molecule has 2 atom stereocenters. The van der Waals surface area contributed by atoms with Crippen molar-refractivity contribution in [2.75, 3.05) is 26.3 Å². The number of pyridine rings is 1. The average Bonchev–Trinajstić information content (AvgIpc) is 3.59. The summed E-state index contributed by atoms with van der Waals surface area (Å²) in [6, 6.07) is 15.2. The number of imide groups is 1. The summed E-state index contributed by atoms with van der Waals surface area (Å²) < 4.78 is 11.7. The summed E-state index contributed by atoms with van der Waals surface area (Å²) in [5, 5.41) is 21.8. The topological polar surface area (TPSA) is 159 Å². The van der Waals surface area contributed by atoms with Crippen LogP contribution in [0.3, 0.4) is 0 Å². The van der Waals surface area contributed by atoms with Crippen LogP contribution in [0.1, 0.15) is 66.2 Å². The Hall–Kier alpha value is -4.39. The van der Waals surface area contributed by atoms with Crippen LogP contribution in [-0.2, 0) is 37.8 Å². The zero-order valence-corrected chi connectivity index (χ0v) is 25.7. The molecule has 12 heteroatoms. The van der Waals surface area contributed by atoms with Crippen LogP contribution in [0.5, 0.6) is 5.75 Å². The minimum Gasteiger partial charge on any atom is -0.489 e. The van der Waals surface area contributed by atoms with Crippen molar-refractivity contribution in [1.29, 1.82) is 0 Å². The fraction of sp³-hybridized carbons (Fsp3) is 0.441. The summed E-state index contributed by atoms with van der Waals surface area (Å²) in [6.45, 7) is 5.03. The first kappa shape index (κ1) is 31.6. The minimum atomic E-state index is -0.920. The number of aromatic nitrogens is 1. The van der Waals surface area contributed by atoms with Gasteiger partial charge in [-0.15, -0.1) is 0 Å². The van der Waals surface area contributed by atoms with Crippen molar-refractivity contribution in [3.8, 4) is 5.75 Å². The summed E-state index contributed by atoms with van der Waals surface area (Å²) >= 11 is 0. The van der Waals surface area contributed by atoms with Crippen LogP contribution in [0.2, 0.25) is 0 Å². The average molecular weight is 631 g/mol. The molecule has 3 saturated heterocycles. The van der Waals surface area contributed by atoms with Crippen LogP contribution in [0.25, 0.3) is 10.9 Å². The summed E-state index contributed by atoms with van der Waals surface area (Å²) in [4.78, 5) is 54.5. The van der Waals surface area contributed by atoms with Gasteiger partial charge in [-0.3, -0.25) is 29.4 Å². The highest BCUT2D eigenvalue weighted by molar-refractivity contribution is 6.05. The van der Waals surface area contributed by atoms with Gasteiger partial charge in [-0.25, -0.2) is 4.98 Å². The molecule has 46 heavy (non-hydrogen) atoms. The number of aliphatic hydroxyl groups is 1. The summed E-state index contributed by atoms with van der Waals surface area (Å²) in [5.41, 5.74) is 3.30. The van der Waals surface area contributed by atoms with E-state index in [0.717, 1.165) is 55.2 Å². The number of ether oxygens (including phenoxy) is 2. The lowest BCUT2D eigenvalue weighted by molar-refractivity contribution is -0.137. The van der Waals surface area contributed by atoms with Gasteiger partial charge < -0.3 is 24.6 Å². The van der Waals surface area contributed by atoms with Gasteiger partial charge in [-0.2, -0.15) is 0 Å². The zero-order chi connectivity index (χ0) is 32.4. The van der Waals surface area contributed by atoms with Crippen molar-refractivity contribution < 1.29 is 38.9 Å². The SMILES string of the molecule is CC(=O)O.O=C1CCC(N2Cc3cc(O[C@H]4CCN(Cc5ccc6nc(C7(O)CCOCC7)ccc6c5)C4)ccc3C2=O)C(=O)N1.